The van der Waals surface area contributed by atoms with Crippen LogP contribution in [0.15, 0.2) is 6.33 Å². The average molecular weight is 256 g/mol. The standard InChI is InChI=1S/C10H14ClN5O/c1-7-8(11)14-10-12-6-13-16(10)9(7)15(2)4-5-17-3/h6H,4-5H2,1-3H3. The lowest BCUT2D eigenvalue weighted by atomic mass is 10.3. The van der Waals surface area contributed by atoms with E-state index in [2.05, 4.69) is 15.1 Å². The predicted molar refractivity (Wildman–Crippen MR) is 65.7 cm³/mol. The maximum atomic E-state index is 6.08. The second kappa shape index (κ2) is 4.85. The molecular formula is C10H14ClN5O. The summed E-state index contributed by atoms with van der Waals surface area (Å²) < 4.78 is 6.74. The zero-order valence-electron chi connectivity index (χ0n) is 10.0. The Morgan fingerprint density at radius 2 is 2.29 bits per heavy atom. The van der Waals surface area contributed by atoms with Crippen molar-refractivity contribution in [1.29, 1.82) is 0 Å². The molecule has 2 rings (SSSR count). The Hall–Kier alpha value is -1.40. The van der Waals surface area contributed by atoms with Crippen LogP contribution in [0.1, 0.15) is 5.56 Å². The fraction of sp³-hybridized carbons (Fsp3) is 0.500. The highest BCUT2D eigenvalue weighted by molar-refractivity contribution is 6.30. The third-order valence-corrected chi connectivity index (χ3v) is 2.93. The van der Waals surface area contributed by atoms with Gasteiger partial charge in [-0.25, -0.2) is 0 Å². The van der Waals surface area contributed by atoms with E-state index >= 15 is 0 Å². The highest BCUT2D eigenvalue weighted by Crippen LogP contribution is 2.24. The zero-order valence-corrected chi connectivity index (χ0v) is 10.8. The molecule has 0 aliphatic rings. The Morgan fingerprint density at radius 1 is 1.53 bits per heavy atom. The second-order valence-corrected chi connectivity index (χ2v) is 4.10. The van der Waals surface area contributed by atoms with E-state index in [0.717, 1.165) is 17.9 Å². The number of ether oxygens (including phenoxy) is 1. The summed E-state index contributed by atoms with van der Waals surface area (Å²) in [6, 6.07) is 0. The summed E-state index contributed by atoms with van der Waals surface area (Å²) in [5, 5.41) is 4.60. The van der Waals surface area contributed by atoms with Crippen LogP contribution in [0.5, 0.6) is 0 Å². The van der Waals surface area contributed by atoms with Crippen molar-refractivity contribution in [3.63, 3.8) is 0 Å². The van der Waals surface area contributed by atoms with Crippen LogP contribution in [0.25, 0.3) is 5.78 Å². The van der Waals surface area contributed by atoms with Gasteiger partial charge in [-0.05, 0) is 6.92 Å². The Labute approximate surface area is 104 Å². The van der Waals surface area contributed by atoms with Crippen molar-refractivity contribution in [1.82, 2.24) is 19.6 Å². The normalized spacial score (nSPS) is 11.1. The molecule has 0 unspecified atom stereocenters. The molecule has 0 amide bonds. The molecule has 2 aromatic heterocycles. The Bertz CT molecular complexity index is 527. The smallest absolute Gasteiger partial charge is 0.255 e. The van der Waals surface area contributed by atoms with E-state index in [1.807, 2.05) is 18.9 Å². The molecule has 0 aromatic carbocycles. The molecule has 0 aliphatic heterocycles. The molecule has 6 nitrogen and oxygen atoms in total. The van der Waals surface area contributed by atoms with Gasteiger partial charge in [0, 0.05) is 26.3 Å². The van der Waals surface area contributed by atoms with Gasteiger partial charge in [0.1, 0.15) is 17.3 Å². The molecule has 0 aliphatic carbocycles. The van der Waals surface area contributed by atoms with Gasteiger partial charge in [-0.3, -0.25) is 0 Å². The molecule has 0 atom stereocenters. The van der Waals surface area contributed by atoms with Gasteiger partial charge in [-0.2, -0.15) is 19.6 Å². The number of hydrogen-bond acceptors (Lipinski definition) is 5. The van der Waals surface area contributed by atoms with Crippen LogP contribution in [-0.2, 0) is 4.74 Å². The first-order valence-electron chi connectivity index (χ1n) is 5.21. The quantitative estimate of drug-likeness (QED) is 0.768. The maximum Gasteiger partial charge on any atom is 0.255 e. The first-order valence-corrected chi connectivity index (χ1v) is 5.59. The summed E-state index contributed by atoms with van der Waals surface area (Å²) in [6.45, 7) is 3.29. The molecule has 0 fully saturated rings. The number of rotatable bonds is 4. The zero-order chi connectivity index (χ0) is 12.4. The van der Waals surface area contributed by atoms with Crippen molar-refractivity contribution in [3.8, 4) is 0 Å². The molecule has 0 saturated carbocycles. The van der Waals surface area contributed by atoms with Gasteiger partial charge in [0.15, 0.2) is 0 Å². The maximum absolute atomic E-state index is 6.08. The van der Waals surface area contributed by atoms with Gasteiger partial charge in [0.2, 0.25) is 0 Å². The number of fused-ring (bicyclic) bond motifs is 1. The van der Waals surface area contributed by atoms with Gasteiger partial charge in [-0.1, -0.05) is 11.6 Å². The van der Waals surface area contributed by atoms with E-state index in [1.165, 1.54) is 6.33 Å². The molecule has 0 saturated heterocycles. The minimum atomic E-state index is 0.449. The van der Waals surface area contributed by atoms with Crippen LogP contribution in [0, 0.1) is 6.92 Å². The van der Waals surface area contributed by atoms with E-state index in [1.54, 1.807) is 11.6 Å². The lowest BCUT2D eigenvalue weighted by molar-refractivity contribution is 0.206. The van der Waals surface area contributed by atoms with Crippen molar-refractivity contribution in [2.45, 2.75) is 6.92 Å². The van der Waals surface area contributed by atoms with Crippen LogP contribution in [-0.4, -0.2) is 46.9 Å². The Morgan fingerprint density at radius 3 is 3.00 bits per heavy atom. The van der Waals surface area contributed by atoms with E-state index in [9.17, 15) is 0 Å². The lowest BCUT2D eigenvalue weighted by Gasteiger charge is -2.21. The number of hydrogen-bond donors (Lipinski definition) is 0. The van der Waals surface area contributed by atoms with E-state index in [4.69, 9.17) is 16.3 Å². The number of aromatic nitrogens is 4. The second-order valence-electron chi connectivity index (χ2n) is 3.74. The van der Waals surface area contributed by atoms with E-state index < -0.39 is 0 Å². The summed E-state index contributed by atoms with van der Waals surface area (Å²) in [7, 11) is 3.63. The molecule has 0 bridgehead atoms. The molecule has 0 spiro atoms. The summed E-state index contributed by atoms with van der Waals surface area (Å²) in [4.78, 5) is 10.2. The molecule has 17 heavy (non-hydrogen) atoms. The van der Waals surface area contributed by atoms with Crippen molar-refractivity contribution in [2.24, 2.45) is 0 Å². The first kappa shape index (κ1) is 12.1. The Kier molecular flexibility index (Phi) is 3.44. The monoisotopic (exact) mass is 255 g/mol. The van der Waals surface area contributed by atoms with Gasteiger partial charge >= 0.3 is 0 Å². The summed E-state index contributed by atoms with van der Waals surface area (Å²) in [5.74, 6) is 1.38. The third-order valence-electron chi connectivity index (χ3n) is 2.57. The van der Waals surface area contributed by atoms with Gasteiger partial charge in [0.25, 0.3) is 5.78 Å². The largest absolute Gasteiger partial charge is 0.383 e. The van der Waals surface area contributed by atoms with Crippen LogP contribution in [0.2, 0.25) is 5.15 Å². The summed E-state index contributed by atoms with van der Waals surface area (Å²) in [5.41, 5.74) is 0.878. The topological polar surface area (TPSA) is 55.5 Å². The first-order chi connectivity index (χ1) is 8.15. The van der Waals surface area contributed by atoms with Crippen molar-refractivity contribution in [2.75, 3.05) is 32.2 Å². The third kappa shape index (κ3) is 2.18. The van der Waals surface area contributed by atoms with E-state index in [-0.39, 0.29) is 0 Å². The average Bonchev–Trinajstić information content (AvgIpc) is 2.74. The van der Waals surface area contributed by atoms with Crippen LogP contribution >= 0.6 is 11.6 Å². The van der Waals surface area contributed by atoms with Crippen LogP contribution < -0.4 is 4.90 Å². The van der Waals surface area contributed by atoms with Gasteiger partial charge < -0.3 is 9.64 Å². The molecular weight excluding hydrogens is 242 g/mol. The number of halogens is 1. The SMILES string of the molecule is COCCN(C)c1c(C)c(Cl)nc2ncnn12. The van der Waals surface area contributed by atoms with E-state index in [0.29, 0.717) is 17.5 Å². The van der Waals surface area contributed by atoms with Crippen molar-refractivity contribution < 1.29 is 4.74 Å². The van der Waals surface area contributed by atoms with Gasteiger partial charge in [-0.15, -0.1) is 0 Å². The molecule has 0 N–H and O–H groups in total. The number of methoxy groups -OCH3 is 1. The molecule has 0 radical (unpaired) electrons. The van der Waals surface area contributed by atoms with Crippen molar-refractivity contribution in [3.05, 3.63) is 17.0 Å². The number of anilines is 1. The number of likely N-dealkylation sites (N-methyl/N-ethyl adjacent to an activating group) is 1. The lowest BCUT2D eigenvalue weighted by Crippen LogP contribution is -2.25. The number of nitrogens with zero attached hydrogens (tertiary/aromatic N) is 5. The minimum absolute atomic E-state index is 0.449. The fourth-order valence-corrected chi connectivity index (χ4v) is 1.83. The van der Waals surface area contributed by atoms with Crippen molar-refractivity contribution >= 4 is 23.2 Å². The highest BCUT2D eigenvalue weighted by Gasteiger charge is 2.15. The molecule has 92 valence electrons. The predicted octanol–water partition coefficient (Wildman–Crippen LogP) is 1.17. The summed E-state index contributed by atoms with van der Waals surface area (Å²) in [6.07, 6.45) is 1.46. The van der Waals surface area contributed by atoms with Crippen LogP contribution in [0.4, 0.5) is 5.82 Å². The molecule has 7 heteroatoms. The summed E-state index contributed by atoms with van der Waals surface area (Å²) >= 11 is 6.08. The van der Waals surface area contributed by atoms with Gasteiger partial charge in [0.05, 0.1) is 6.61 Å². The van der Waals surface area contributed by atoms with Crippen LogP contribution in [0.3, 0.4) is 0 Å². The Balaban J connectivity index is 2.49. The minimum Gasteiger partial charge on any atom is -0.383 e. The molecule has 2 aromatic rings. The molecule has 2 heterocycles. The fourth-order valence-electron chi connectivity index (χ4n) is 1.67. The highest BCUT2D eigenvalue weighted by atomic mass is 35.5.